The number of nitrogens with one attached hydrogen (secondary N) is 1. The Morgan fingerprint density at radius 3 is 2.40 bits per heavy atom. The summed E-state index contributed by atoms with van der Waals surface area (Å²) in [4.78, 5) is 9.13. The van der Waals surface area contributed by atoms with Gasteiger partial charge in [0, 0.05) is 58.7 Å². The van der Waals surface area contributed by atoms with Gasteiger partial charge < -0.3 is 24.6 Å². The summed E-state index contributed by atoms with van der Waals surface area (Å²) in [5, 5.41) is 3.43. The highest BCUT2D eigenvalue weighted by Crippen LogP contribution is 2.20. The lowest BCUT2D eigenvalue weighted by Gasteiger charge is -2.37. The van der Waals surface area contributed by atoms with E-state index < -0.39 is 0 Å². The van der Waals surface area contributed by atoms with E-state index in [0.717, 1.165) is 64.1 Å². The molecule has 1 fully saturated rings. The number of methoxy groups -OCH3 is 1. The molecule has 1 aromatic rings. The maximum atomic E-state index is 5.36. The second kappa shape index (κ2) is 12.2. The van der Waals surface area contributed by atoms with E-state index in [1.54, 1.807) is 7.11 Å². The van der Waals surface area contributed by atoms with Gasteiger partial charge in [0.25, 0.3) is 0 Å². The van der Waals surface area contributed by atoms with Gasteiger partial charge in [0.2, 0.25) is 0 Å². The van der Waals surface area contributed by atoms with Crippen LogP contribution in [0.25, 0.3) is 0 Å². The Bertz CT molecular complexity index is 502. The van der Waals surface area contributed by atoms with E-state index in [9.17, 15) is 0 Å². The molecule has 2 rings (SSSR count). The Kier molecular flexibility index (Phi) is 10.6. The summed E-state index contributed by atoms with van der Waals surface area (Å²) in [7, 11) is 3.54. The number of hydrogen-bond donors (Lipinski definition) is 1. The molecule has 0 radical (unpaired) electrons. The van der Waals surface area contributed by atoms with Crippen LogP contribution in [0.15, 0.2) is 29.3 Å². The number of benzene rings is 1. The number of halogens is 1. The summed E-state index contributed by atoms with van der Waals surface area (Å²) in [5.41, 5.74) is 1.25. The monoisotopic (exact) mass is 462 g/mol. The molecule has 1 aromatic carbocycles. The van der Waals surface area contributed by atoms with Crippen LogP contribution in [0.5, 0.6) is 5.75 Å². The second-order valence-electron chi connectivity index (χ2n) is 5.70. The van der Waals surface area contributed by atoms with Crippen LogP contribution in [0.3, 0.4) is 0 Å². The molecule has 1 N–H and O–H groups in total. The van der Waals surface area contributed by atoms with Crippen LogP contribution in [-0.2, 0) is 4.74 Å². The van der Waals surface area contributed by atoms with Gasteiger partial charge in [-0.3, -0.25) is 4.99 Å². The molecule has 1 aliphatic heterocycles. The molecule has 1 saturated heterocycles. The third kappa shape index (κ3) is 6.89. The molecule has 6 nitrogen and oxygen atoms in total. The van der Waals surface area contributed by atoms with E-state index in [1.165, 1.54) is 5.69 Å². The van der Waals surface area contributed by atoms with Crippen molar-refractivity contribution < 1.29 is 9.47 Å². The molecule has 25 heavy (non-hydrogen) atoms. The van der Waals surface area contributed by atoms with E-state index in [0.29, 0.717) is 0 Å². The first-order chi connectivity index (χ1) is 11.8. The molecule has 0 aliphatic carbocycles. The third-order valence-corrected chi connectivity index (χ3v) is 4.18. The normalized spacial score (nSPS) is 14.9. The lowest BCUT2D eigenvalue weighted by Crippen LogP contribution is -2.52. The molecular weight excluding hydrogens is 431 g/mol. The van der Waals surface area contributed by atoms with Crippen molar-refractivity contribution in [2.75, 3.05) is 65.0 Å². The van der Waals surface area contributed by atoms with Crippen LogP contribution in [0.4, 0.5) is 5.69 Å². The smallest absolute Gasteiger partial charge is 0.193 e. The van der Waals surface area contributed by atoms with Crippen LogP contribution >= 0.6 is 24.0 Å². The fourth-order valence-corrected chi connectivity index (χ4v) is 2.82. The van der Waals surface area contributed by atoms with Gasteiger partial charge in [0.15, 0.2) is 5.96 Å². The van der Waals surface area contributed by atoms with Crippen LogP contribution in [0.2, 0.25) is 0 Å². The van der Waals surface area contributed by atoms with E-state index in [-0.39, 0.29) is 24.0 Å². The van der Waals surface area contributed by atoms with E-state index >= 15 is 0 Å². The van der Waals surface area contributed by atoms with Crippen molar-refractivity contribution in [1.29, 1.82) is 0 Å². The first-order valence-electron chi connectivity index (χ1n) is 8.70. The summed E-state index contributed by atoms with van der Waals surface area (Å²) in [6, 6.07) is 8.27. The fraction of sp³-hybridized carbons (Fsp3) is 0.611. The Morgan fingerprint density at radius 2 is 1.84 bits per heavy atom. The Morgan fingerprint density at radius 1 is 1.16 bits per heavy atom. The highest BCUT2D eigenvalue weighted by Gasteiger charge is 2.19. The van der Waals surface area contributed by atoms with Crippen LogP contribution in [0.1, 0.15) is 13.3 Å². The van der Waals surface area contributed by atoms with Gasteiger partial charge in [-0.15, -0.1) is 24.0 Å². The van der Waals surface area contributed by atoms with Crippen molar-refractivity contribution in [1.82, 2.24) is 10.2 Å². The fourth-order valence-electron chi connectivity index (χ4n) is 2.82. The summed E-state index contributed by atoms with van der Waals surface area (Å²) in [6.45, 7) is 8.42. The molecule has 0 amide bonds. The standard InChI is InChI=1S/C18H30N4O2.HI/c1-4-24-15-5-10-20-18(19-2)22-13-11-21(12-14-22)16-6-8-17(23-3)9-7-16;/h6-9H,4-5,10-15H2,1-3H3,(H,19,20);1H. The van der Waals surface area contributed by atoms with Crippen molar-refractivity contribution in [2.24, 2.45) is 4.99 Å². The first-order valence-corrected chi connectivity index (χ1v) is 8.70. The molecule has 1 aliphatic rings. The lowest BCUT2D eigenvalue weighted by atomic mass is 10.2. The first kappa shape index (κ1) is 21.8. The zero-order chi connectivity index (χ0) is 17.2. The van der Waals surface area contributed by atoms with E-state index in [1.807, 2.05) is 26.1 Å². The molecule has 142 valence electrons. The van der Waals surface area contributed by atoms with E-state index in [2.05, 4.69) is 32.2 Å². The number of nitrogens with zero attached hydrogens (tertiary/aromatic N) is 3. The number of guanidine groups is 1. The topological polar surface area (TPSA) is 49.3 Å². The largest absolute Gasteiger partial charge is 0.497 e. The zero-order valence-corrected chi connectivity index (χ0v) is 17.9. The van der Waals surface area contributed by atoms with Gasteiger partial charge in [0.1, 0.15) is 5.75 Å². The minimum Gasteiger partial charge on any atom is -0.497 e. The number of rotatable bonds is 7. The van der Waals surface area contributed by atoms with E-state index in [4.69, 9.17) is 9.47 Å². The minimum atomic E-state index is 0. The van der Waals surface area contributed by atoms with Crippen LogP contribution < -0.4 is 15.0 Å². The number of hydrogen-bond acceptors (Lipinski definition) is 4. The third-order valence-electron chi connectivity index (χ3n) is 4.18. The molecule has 0 saturated carbocycles. The Labute approximate surface area is 168 Å². The van der Waals surface area contributed by atoms with Crippen molar-refractivity contribution >= 4 is 35.6 Å². The molecular formula is C18H31IN4O2. The molecule has 0 bridgehead atoms. The predicted molar refractivity (Wildman–Crippen MR) is 115 cm³/mol. The van der Waals surface area contributed by atoms with Gasteiger partial charge in [-0.05, 0) is 37.6 Å². The van der Waals surface area contributed by atoms with Gasteiger partial charge in [-0.1, -0.05) is 0 Å². The summed E-state index contributed by atoms with van der Waals surface area (Å²) >= 11 is 0. The number of anilines is 1. The summed E-state index contributed by atoms with van der Waals surface area (Å²) < 4.78 is 10.6. The number of piperazine rings is 1. The van der Waals surface area contributed by atoms with Crippen molar-refractivity contribution in [3.63, 3.8) is 0 Å². The average molecular weight is 462 g/mol. The molecule has 0 aromatic heterocycles. The van der Waals surface area contributed by atoms with Gasteiger partial charge in [-0.2, -0.15) is 0 Å². The Hall–Kier alpha value is -1.22. The predicted octanol–water partition coefficient (Wildman–Crippen LogP) is 2.44. The van der Waals surface area contributed by atoms with Crippen molar-refractivity contribution in [3.05, 3.63) is 24.3 Å². The van der Waals surface area contributed by atoms with Gasteiger partial charge in [-0.25, -0.2) is 0 Å². The molecule has 0 unspecified atom stereocenters. The average Bonchev–Trinajstić information content (AvgIpc) is 2.65. The molecule has 1 heterocycles. The maximum Gasteiger partial charge on any atom is 0.193 e. The quantitative estimate of drug-likeness (QED) is 0.292. The zero-order valence-electron chi connectivity index (χ0n) is 15.5. The molecule has 7 heteroatoms. The summed E-state index contributed by atoms with van der Waals surface area (Å²) in [5.74, 6) is 1.88. The van der Waals surface area contributed by atoms with Crippen LogP contribution in [0, 0.1) is 0 Å². The SMILES string of the molecule is CCOCCCNC(=NC)N1CCN(c2ccc(OC)cc2)CC1.I. The van der Waals surface area contributed by atoms with Gasteiger partial charge in [0.05, 0.1) is 7.11 Å². The van der Waals surface area contributed by atoms with Gasteiger partial charge >= 0.3 is 0 Å². The molecule has 0 atom stereocenters. The van der Waals surface area contributed by atoms with Crippen molar-refractivity contribution in [3.8, 4) is 5.75 Å². The highest BCUT2D eigenvalue weighted by molar-refractivity contribution is 14.0. The molecule has 0 spiro atoms. The maximum absolute atomic E-state index is 5.36. The number of ether oxygens (including phenoxy) is 2. The second-order valence-corrected chi connectivity index (χ2v) is 5.70. The summed E-state index contributed by atoms with van der Waals surface area (Å²) in [6.07, 6.45) is 0.999. The minimum absolute atomic E-state index is 0. The highest BCUT2D eigenvalue weighted by atomic mass is 127. The number of aliphatic imine (C=N–C) groups is 1. The Balaban J connectivity index is 0.00000312. The lowest BCUT2D eigenvalue weighted by molar-refractivity contribution is 0.145. The van der Waals surface area contributed by atoms with Crippen molar-refractivity contribution in [2.45, 2.75) is 13.3 Å². The van der Waals surface area contributed by atoms with Crippen LogP contribution in [-0.4, -0.2) is 71.0 Å².